The molecule has 0 aliphatic carbocycles. The maximum Gasteiger partial charge on any atom is 0.274 e. The highest BCUT2D eigenvalue weighted by atomic mass is 35.5. The minimum atomic E-state index is -0.495. The number of hydrogen-bond donors (Lipinski definition) is 1. The zero-order valence-electron chi connectivity index (χ0n) is 15.1. The second-order valence-corrected chi connectivity index (χ2v) is 7.13. The van der Waals surface area contributed by atoms with Gasteiger partial charge in [-0.3, -0.25) is 4.79 Å². The number of aromatic nitrogens is 2. The van der Waals surface area contributed by atoms with E-state index in [1.54, 1.807) is 11.1 Å². The van der Waals surface area contributed by atoms with Crippen LogP contribution in [0.3, 0.4) is 0 Å². The summed E-state index contributed by atoms with van der Waals surface area (Å²) in [5, 5.41) is 3.85. The minimum Gasteiger partial charge on any atom is -0.347 e. The zero-order valence-corrected chi connectivity index (χ0v) is 15.8. The Morgan fingerprint density at radius 3 is 2.59 bits per heavy atom. The standard InChI is InChI=1S/C19H21ClN4O3/c1-13-14(20)3-2-4-15(13)23-17-12-21-16(11-22-17)18(25)24-7-5-19(6-8-24)26-9-10-27-19/h2-4,11-12H,5-10H2,1H3,(H,22,23). The van der Waals surface area contributed by atoms with Crippen LogP contribution < -0.4 is 5.32 Å². The highest BCUT2D eigenvalue weighted by Gasteiger charge is 2.41. The van der Waals surface area contributed by atoms with E-state index in [1.807, 2.05) is 25.1 Å². The van der Waals surface area contributed by atoms with Crippen LogP contribution in [0.2, 0.25) is 5.02 Å². The van der Waals surface area contributed by atoms with Crippen molar-refractivity contribution in [3.8, 4) is 0 Å². The first kappa shape index (κ1) is 18.2. The molecule has 0 bridgehead atoms. The van der Waals surface area contributed by atoms with Gasteiger partial charge in [-0.25, -0.2) is 9.97 Å². The van der Waals surface area contributed by atoms with Gasteiger partial charge in [-0.2, -0.15) is 0 Å². The van der Waals surface area contributed by atoms with Crippen LogP contribution in [0.1, 0.15) is 28.9 Å². The number of carbonyl (C=O) groups excluding carboxylic acids is 1. The first-order chi connectivity index (χ1) is 13.1. The van der Waals surface area contributed by atoms with E-state index in [9.17, 15) is 4.79 Å². The molecule has 7 nitrogen and oxygen atoms in total. The highest BCUT2D eigenvalue weighted by molar-refractivity contribution is 6.31. The topological polar surface area (TPSA) is 76.6 Å². The number of anilines is 2. The number of hydrogen-bond acceptors (Lipinski definition) is 6. The van der Waals surface area contributed by atoms with Gasteiger partial charge in [0.1, 0.15) is 11.5 Å². The van der Waals surface area contributed by atoms with Gasteiger partial charge in [0.25, 0.3) is 5.91 Å². The van der Waals surface area contributed by atoms with Gasteiger partial charge < -0.3 is 19.7 Å². The molecule has 2 aromatic rings. The second kappa shape index (κ2) is 7.42. The number of ether oxygens (including phenoxy) is 2. The summed E-state index contributed by atoms with van der Waals surface area (Å²) in [6.07, 6.45) is 4.42. The van der Waals surface area contributed by atoms with Crippen molar-refractivity contribution in [2.24, 2.45) is 0 Å². The lowest BCUT2D eigenvalue weighted by Crippen LogP contribution is -2.47. The van der Waals surface area contributed by atoms with Gasteiger partial charge in [-0.05, 0) is 24.6 Å². The number of carbonyl (C=O) groups is 1. The maximum absolute atomic E-state index is 12.7. The molecule has 0 atom stereocenters. The Kier molecular flexibility index (Phi) is 4.99. The molecule has 2 aliphatic heterocycles. The van der Waals surface area contributed by atoms with Gasteiger partial charge in [0.05, 0.1) is 25.6 Å². The number of nitrogens with one attached hydrogen (secondary N) is 1. The molecule has 4 rings (SSSR count). The van der Waals surface area contributed by atoms with E-state index in [4.69, 9.17) is 21.1 Å². The summed E-state index contributed by atoms with van der Waals surface area (Å²) in [6.45, 7) is 4.35. The molecule has 1 aromatic heterocycles. The summed E-state index contributed by atoms with van der Waals surface area (Å²) in [7, 11) is 0. The van der Waals surface area contributed by atoms with Crippen LogP contribution in [0.15, 0.2) is 30.6 Å². The van der Waals surface area contributed by atoms with Crippen LogP contribution >= 0.6 is 11.6 Å². The van der Waals surface area contributed by atoms with E-state index in [-0.39, 0.29) is 5.91 Å². The van der Waals surface area contributed by atoms with Crippen molar-refractivity contribution < 1.29 is 14.3 Å². The number of benzene rings is 1. The van der Waals surface area contributed by atoms with E-state index < -0.39 is 5.79 Å². The van der Waals surface area contributed by atoms with Crippen molar-refractivity contribution in [2.45, 2.75) is 25.6 Å². The Morgan fingerprint density at radius 2 is 1.93 bits per heavy atom. The third-order valence-electron chi connectivity index (χ3n) is 5.03. The van der Waals surface area contributed by atoms with Gasteiger partial charge in [0.2, 0.25) is 0 Å². The summed E-state index contributed by atoms with van der Waals surface area (Å²) >= 11 is 6.13. The first-order valence-corrected chi connectivity index (χ1v) is 9.35. The Balaban J connectivity index is 1.40. The molecule has 2 fully saturated rings. The average molecular weight is 389 g/mol. The van der Waals surface area contributed by atoms with Crippen molar-refractivity contribution in [3.05, 3.63) is 46.9 Å². The molecule has 0 saturated carbocycles. The van der Waals surface area contributed by atoms with Gasteiger partial charge in [0.15, 0.2) is 5.79 Å². The van der Waals surface area contributed by atoms with Gasteiger partial charge in [-0.15, -0.1) is 0 Å². The van der Waals surface area contributed by atoms with Crippen LogP contribution in [0.25, 0.3) is 0 Å². The van der Waals surface area contributed by atoms with Gasteiger partial charge in [0, 0.05) is 36.6 Å². The van der Waals surface area contributed by atoms with Crippen molar-refractivity contribution in [2.75, 3.05) is 31.6 Å². The van der Waals surface area contributed by atoms with Crippen LogP contribution in [0.4, 0.5) is 11.5 Å². The zero-order chi connectivity index (χ0) is 18.9. The molecular weight excluding hydrogens is 368 g/mol. The van der Waals surface area contributed by atoms with Crippen molar-refractivity contribution in [1.82, 2.24) is 14.9 Å². The molecule has 0 unspecified atom stereocenters. The summed E-state index contributed by atoms with van der Waals surface area (Å²) in [4.78, 5) is 23.0. The van der Waals surface area contributed by atoms with Crippen LogP contribution in [0, 0.1) is 6.92 Å². The van der Waals surface area contributed by atoms with Gasteiger partial charge >= 0.3 is 0 Å². The average Bonchev–Trinajstić information content (AvgIpc) is 3.14. The monoisotopic (exact) mass is 388 g/mol. The first-order valence-electron chi connectivity index (χ1n) is 8.98. The number of rotatable bonds is 3. The summed E-state index contributed by atoms with van der Waals surface area (Å²) < 4.78 is 11.4. The normalized spacial score (nSPS) is 18.7. The molecule has 2 saturated heterocycles. The molecule has 8 heteroatoms. The molecule has 142 valence electrons. The van der Waals surface area contributed by atoms with E-state index in [0.29, 0.717) is 55.7 Å². The molecule has 0 radical (unpaired) electrons. The van der Waals surface area contributed by atoms with Crippen LogP contribution in [-0.4, -0.2) is 52.9 Å². The van der Waals surface area contributed by atoms with Crippen molar-refractivity contribution >= 4 is 29.0 Å². The predicted molar refractivity (Wildman–Crippen MR) is 101 cm³/mol. The Bertz CT molecular complexity index is 827. The lowest BCUT2D eigenvalue weighted by Gasteiger charge is -2.37. The second-order valence-electron chi connectivity index (χ2n) is 6.72. The summed E-state index contributed by atoms with van der Waals surface area (Å²) in [6, 6.07) is 5.61. The molecule has 1 amide bonds. The Labute approximate surface area is 162 Å². The van der Waals surface area contributed by atoms with Crippen molar-refractivity contribution in [1.29, 1.82) is 0 Å². The maximum atomic E-state index is 12.7. The molecule has 27 heavy (non-hydrogen) atoms. The fraction of sp³-hybridized carbons (Fsp3) is 0.421. The highest BCUT2D eigenvalue weighted by Crippen LogP contribution is 2.31. The van der Waals surface area contributed by atoms with E-state index in [2.05, 4.69) is 15.3 Å². The number of piperidine rings is 1. The number of nitrogens with zero attached hydrogens (tertiary/aromatic N) is 3. The molecular formula is C19H21ClN4O3. The fourth-order valence-corrected chi connectivity index (χ4v) is 3.56. The summed E-state index contributed by atoms with van der Waals surface area (Å²) in [5.41, 5.74) is 2.11. The van der Waals surface area contributed by atoms with Crippen LogP contribution in [-0.2, 0) is 9.47 Å². The lowest BCUT2D eigenvalue weighted by molar-refractivity contribution is -0.181. The molecule has 1 aromatic carbocycles. The fourth-order valence-electron chi connectivity index (χ4n) is 3.38. The minimum absolute atomic E-state index is 0.124. The lowest BCUT2D eigenvalue weighted by atomic mass is 10.0. The van der Waals surface area contributed by atoms with Crippen molar-refractivity contribution in [3.63, 3.8) is 0 Å². The Hall–Kier alpha value is -2.22. The Morgan fingerprint density at radius 1 is 1.19 bits per heavy atom. The largest absolute Gasteiger partial charge is 0.347 e. The molecule has 1 N–H and O–H groups in total. The summed E-state index contributed by atoms with van der Waals surface area (Å²) in [5.74, 6) is -0.0616. The SMILES string of the molecule is Cc1c(Cl)cccc1Nc1cnc(C(=O)N2CCC3(CC2)OCCO3)cn1. The molecule has 3 heterocycles. The smallest absolute Gasteiger partial charge is 0.274 e. The number of likely N-dealkylation sites (tertiary alicyclic amines) is 1. The van der Waals surface area contributed by atoms with Gasteiger partial charge in [-0.1, -0.05) is 17.7 Å². The predicted octanol–water partition coefficient (Wildman–Crippen LogP) is 3.16. The molecule has 1 spiro atoms. The molecule has 2 aliphatic rings. The number of amides is 1. The number of halogens is 1. The van der Waals surface area contributed by atoms with E-state index in [0.717, 1.165) is 11.3 Å². The van der Waals surface area contributed by atoms with E-state index >= 15 is 0 Å². The van der Waals surface area contributed by atoms with Crippen LogP contribution in [0.5, 0.6) is 0 Å². The third kappa shape index (κ3) is 3.76. The third-order valence-corrected chi connectivity index (χ3v) is 5.44. The van der Waals surface area contributed by atoms with E-state index in [1.165, 1.54) is 6.20 Å². The quantitative estimate of drug-likeness (QED) is 0.870.